The molecule has 3 nitrogen and oxygen atoms in total. The maximum absolute atomic E-state index is 13.4. The van der Waals surface area contributed by atoms with E-state index >= 15 is 0 Å². The van der Waals surface area contributed by atoms with E-state index in [0.29, 0.717) is 12.3 Å². The maximum atomic E-state index is 13.4. The minimum Gasteiger partial charge on any atom is -0.464 e. The van der Waals surface area contributed by atoms with Crippen molar-refractivity contribution in [1.82, 2.24) is 0 Å². The van der Waals surface area contributed by atoms with Crippen molar-refractivity contribution in [2.75, 3.05) is 11.9 Å². The summed E-state index contributed by atoms with van der Waals surface area (Å²) >= 11 is 0. The maximum Gasteiger partial charge on any atom is 0.328 e. The third kappa shape index (κ3) is 3.73. The molecule has 1 aromatic carbocycles. The van der Waals surface area contributed by atoms with Gasteiger partial charge in [0.25, 0.3) is 0 Å². The number of carbonyl (C=O) groups is 1. The molecule has 0 saturated carbocycles. The number of para-hydroxylation sites is 1. The number of nitrogens with one attached hydrogen (secondary N) is 1. The average Bonchev–Trinajstić information content (AvgIpc) is 2.27. The predicted molar refractivity (Wildman–Crippen MR) is 65.3 cm³/mol. The third-order valence-electron chi connectivity index (χ3n) is 2.39. The number of hydrogen-bond acceptors (Lipinski definition) is 3. The molecule has 17 heavy (non-hydrogen) atoms. The molecule has 4 heteroatoms. The molecule has 1 atom stereocenters. The Morgan fingerprint density at radius 1 is 1.41 bits per heavy atom. The summed E-state index contributed by atoms with van der Waals surface area (Å²) in [6.07, 6.45) is 0. The van der Waals surface area contributed by atoms with Crippen molar-refractivity contribution in [3.8, 4) is 0 Å². The number of ether oxygens (including phenoxy) is 1. The molecular formula is C13H18FNO2. The van der Waals surface area contributed by atoms with Gasteiger partial charge in [0.05, 0.1) is 12.3 Å². The molecule has 0 fully saturated rings. The van der Waals surface area contributed by atoms with Crippen LogP contribution in [-0.4, -0.2) is 18.6 Å². The lowest BCUT2D eigenvalue weighted by Gasteiger charge is -2.21. The standard InChI is InChI=1S/C13H18FNO2/c1-4-17-13(16)12(9(2)3)15-11-8-6-5-7-10(11)14/h5-9,12,15H,4H2,1-3H3. The lowest BCUT2D eigenvalue weighted by atomic mass is 10.0. The van der Waals surface area contributed by atoms with E-state index in [0.717, 1.165) is 0 Å². The molecule has 0 aliphatic rings. The van der Waals surface area contributed by atoms with Crippen molar-refractivity contribution in [1.29, 1.82) is 0 Å². The Labute approximate surface area is 101 Å². The average molecular weight is 239 g/mol. The van der Waals surface area contributed by atoms with Gasteiger partial charge in [-0.15, -0.1) is 0 Å². The zero-order valence-corrected chi connectivity index (χ0v) is 10.4. The van der Waals surface area contributed by atoms with Gasteiger partial charge in [-0.05, 0) is 25.0 Å². The lowest BCUT2D eigenvalue weighted by Crippen LogP contribution is -2.36. The van der Waals surface area contributed by atoms with E-state index in [-0.39, 0.29) is 17.7 Å². The van der Waals surface area contributed by atoms with Crippen LogP contribution in [0, 0.1) is 11.7 Å². The Morgan fingerprint density at radius 3 is 2.59 bits per heavy atom. The highest BCUT2D eigenvalue weighted by atomic mass is 19.1. The highest BCUT2D eigenvalue weighted by Crippen LogP contribution is 2.17. The van der Waals surface area contributed by atoms with E-state index in [1.165, 1.54) is 6.07 Å². The zero-order chi connectivity index (χ0) is 12.8. The van der Waals surface area contributed by atoms with Gasteiger partial charge in [0.15, 0.2) is 0 Å². The van der Waals surface area contributed by atoms with E-state index in [1.807, 2.05) is 13.8 Å². The number of esters is 1. The van der Waals surface area contributed by atoms with Crippen LogP contribution in [0.4, 0.5) is 10.1 Å². The van der Waals surface area contributed by atoms with Gasteiger partial charge in [0.2, 0.25) is 0 Å². The summed E-state index contributed by atoms with van der Waals surface area (Å²) in [5.41, 5.74) is 0.319. The van der Waals surface area contributed by atoms with Crippen molar-refractivity contribution in [3.05, 3.63) is 30.1 Å². The molecule has 94 valence electrons. The molecule has 0 saturated heterocycles. The Balaban J connectivity index is 2.81. The topological polar surface area (TPSA) is 38.3 Å². The molecule has 0 heterocycles. The van der Waals surface area contributed by atoms with Crippen molar-refractivity contribution < 1.29 is 13.9 Å². The second-order valence-electron chi connectivity index (χ2n) is 4.10. The fourth-order valence-electron chi connectivity index (χ4n) is 1.48. The van der Waals surface area contributed by atoms with Crippen LogP contribution in [0.3, 0.4) is 0 Å². The zero-order valence-electron chi connectivity index (χ0n) is 10.4. The molecule has 1 N–H and O–H groups in total. The summed E-state index contributed by atoms with van der Waals surface area (Å²) in [4.78, 5) is 11.7. The van der Waals surface area contributed by atoms with Gasteiger partial charge in [0.1, 0.15) is 11.9 Å². The summed E-state index contributed by atoms with van der Waals surface area (Å²) in [6.45, 7) is 5.84. The van der Waals surface area contributed by atoms with Crippen LogP contribution in [-0.2, 0) is 9.53 Å². The van der Waals surface area contributed by atoms with Gasteiger partial charge in [-0.1, -0.05) is 26.0 Å². The predicted octanol–water partition coefficient (Wildman–Crippen LogP) is 2.83. The molecular weight excluding hydrogens is 221 g/mol. The van der Waals surface area contributed by atoms with Crippen LogP contribution in [0.5, 0.6) is 0 Å². The SMILES string of the molecule is CCOC(=O)C(Nc1ccccc1F)C(C)C. The van der Waals surface area contributed by atoms with Gasteiger partial charge in [-0.2, -0.15) is 0 Å². The van der Waals surface area contributed by atoms with E-state index in [2.05, 4.69) is 5.32 Å². The first-order valence-electron chi connectivity index (χ1n) is 5.74. The third-order valence-corrected chi connectivity index (χ3v) is 2.39. The Hall–Kier alpha value is -1.58. The van der Waals surface area contributed by atoms with Gasteiger partial charge >= 0.3 is 5.97 Å². The second-order valence-corrected chi connectivity index (χ2v) is 4.10. The van der Waals surface area contributed by atoms with Crippen molar-refractivity contribution in [2.24, 2.45) is 5.92 Å². The van der Waals surface area contributed by atoms with Gasteiger partial charge in [0, 0.05) is 0 Å². The van der Waals surface area contributed by atoms with Gasteiger partial charge < -0.3 is 10.1 Å². The first-order chi connectivity index (χ1) is 8.06. The molecule has 0 aliphatic carbocycles. The fourth-order valence-corrected chi connectivity index (χ4v) is 1.48. The summed E-state index contributed by atoms with van der Waals surface area (Å²) in [5.74, 6) is -0.707. The highest BCUT2D eigenvalue weighted by molar-refractivity contribution is 5.79. The van der Waals surface area contributed by atoms with Crippen molar-refractivity contribution >= 4 is 11.7 Å². The van der Waals surface area contributed by atoms with Crippen LogP contribution >= 0.6 is 0 Å². The number of anilines is 1. The lowest BCUT2D eigenvalue weighted by molar-refractivity contribution is -0.145. The molecule has 0 spiro atoms. The van der Waals surface area contributed by atoms with Gasteiger partial charge in [-0.3, -0.25) is 0 Å². The summed E-state index contributed by atoms with van der Waals surface area (Å²) in [6, 6.07) is 5.74. The molecule has 0 aromatic heterocycles. The van der Waals surface area contributed by atoms with E-state index in [4.69, 9.17) is 4.74 Å². The summed E-state index contributed by atoms with van der Waals surface area (Å²) < 4.78 is 18.4. The largest absolute Gasteiger partial charge is 0.464 e. The number of rotatable bonds is 5. The second kappa shape index (κ2) is 6.23. The Morgan fingerprint density at radius 2 is 2.06 bits per heavy atom. The minimum absolute atomic E-state index is 0.0219. The minimum atomic E-state index is -0.535. The molecule has 0 radical (unpaired) electrons. The van der Waals surface area contributed by atoms with E-state index in [1.54, 1.807) is 25.1 Å². The smallest absolute Gasteiger partial charge is 0.328 e. The normalized spacial score (nSPS) is 12.3. The van der Waals surface area contributed by atoms with Gasteiger partial charge in [-0.25, -0.2) is 9.18 Å². The quantitative estimate of drug-likeness (QED) is 0.803. The molecule has 0 aliphatic heterocycles. The molecule has 1 unspecified atom stereocenters. The Bertz CT molecular complexity index is 379. The first kappa shape index (κ1) is 13.5. The summed E-state index contributed by atoms with van der Waals surface area (Å²) in [7, 11) is 0. The van der Waals surface area contributed by atoms with Crippen molar-refractivity contribution in [3.63, 3.8) is 0 Å². The van der Waals surface area contributed by atoms with Crippen LogP contribution in [0.25, 0.3) is 0 Å². The molecule has 0 bridgehead atoms. The van der Waals surface area contributed by atoms with Crippen LogP contribution < -0.4 is 5.32 Å². The summed E-state index contributed by atoms with van der Waals surface area (Å²) in [5, 5.41) is 2.88. The monoisotopic (exact) mass is 239 g/mol. The van der Waals surface area contributed by atoms with Crippen LogP contribution in [0.1, 0.15) is 20.8 Å². The van der Waals surface area contributed by atoms with E-state index in [9.17, 15) is 9.18 Å². The number of carbonyl (C=O) groups excluding carboxylic acids is 1. The van der Waals surface area contributed by atoms with Crippen LogP contribution in [0.15, 0.2) is 24.3 Å². The Kier molecular flexibility index (Phi) is 4.94. The van der Waals surface area contributed by atoms with Crippen LogP contribution in [0.2, 0.25) is 0 Å². The number of hydrogen-bond donors (Lipinski definition) is 1. The van der Waals surface area contributed by atoms with Crippen molar-refractivity contribution in [2.45, 2.75) is 26.8 Å². The molecule has 1 aromatic rings. The molecule has 0 amide bonds. The van der Waals surface area contributed by atoms with E-state index < -0.39 is 6.04 Å². The highest BCUT2D eigenvalue weighted by Gasteiger charge is 2.24. The first-order valence-corrected chi connectivity index (χ1v) is 5.74. The number of halogens is 1. The molecule has 1 rings (SSSR count). The number of benzene rings is 1. The fraction of sp³-hybridized carbons (Fsp3) is 0.462.